The van der Waals surface area contributed by atoms with Crippen molar-refractivity contribution in [2.24, 2.45) is 5.73 Å². The molecule has 0 heterocycles. The number of nitrogens with two attached hydrogens (primary N) is 1. The predicted octanol–water partition coefficient (Wildman–Crippen LogP) is 1.76. The number of hydrogen-bond donors (Lipinski definition) is 5. The standard InChI is InChI=1S/C4H16N2O4Si2.C2H4.CH4.3HI.V/c1-11(2,7)10-12(8,9)4-6-3-5;1-2;;;;;/h6-9H,3-5H2,1-2H3;1-2H2;1H4;3*1H;/q;;;;;;+3/p-3. The van der Waals surface area contributed by atoms with Gasteiger partial charge in [-0.05, 0) is 13.1 Å². The van der Waals surface area contributed by atoms with Crippen LogP contribution in [0.5, 0.6) is 0 Å². The zero-order valence-corrected chi connectivity index (χ0v) is 20.1. The van der Waals surface area contributed by atoms with Crippen molar-refractivity contribution in [3.8, 4) is 0 Å². The van der Waals surface area contributed by atoms with Gasteiger partial charge in [0.05, 0.1) is 6.17 Å². The van der Waals surface area contributed by atoms with Crippen LogP contribution in [0.25, 0.3) is 0 Å². The van der Waals surface area contributed by atoms with Crippen LogP contribution in [-0.2, 0) is 9.04 Å². The first-order valence-electron chi connectivity index (χ1n) is 4.56. The molecule has 0 rings (SSSR count). The van der Waals surface area contributed by atoms with Crippen molar-refractivity contribution in [1.82, 2.24) is 5.32 Å². The zero-order valence-electron chi connectivity index (χ0n) is 10.2. The molecule has 0 saturated heterocycles. The molecular formula is C7H24I3N2O4Si2V. The van der Waals surface area contributed by atoms with Gasteiger partial charge in [-0.15, -0.1) is 13.2 Å². The Labute approximate surface area is 156 Å². The molecule has 0 aliphatic rings. The molecule has 0 aromatic carbocycles. The Balaban J connectivity index is -0.000000137. The van der Waals surface area contributed by atoms with Gasteiger partial charge in [-0.1, -0.05) is 7.43 Å². The van der Waals surface area contributed by atoms with E-state index in [0.717, 1.165) is 0 Å². The van der Waals surface area contributed by atoms with Gasteiger partial charge in [0.15, 0.2) is 0 Å². The third kappa shape index (κ3) is 38.6. The Morgan fingerprint density at radius 1 is 1.21 bits per heavy atom. The van der Waals surface area contributed by atoms with E-state index in [1.165, 1.54) is 13.1 Å². The van der Waals surface area contributed by atoms with Gasteiger partial charge >= 0.3 is 82.2 Å². The predicted molar refractivity (Wildman–Crippen MR) is 108 cm³/mol. The van der Waals surface area contributed by atoms with Gasteiger partial charge in [-0.3, -0.25) is 0 Å². The molecule has 6 nitrogen and oxygen atoms in total. The molecule has 19 heavy (non-hydrogen) atoms. The van der Waals surface area contributed by atoms with E-state index in [4.69, 9.17) is 9.85 Å². The monoisotopic (exact) mass is 688 g/mol. The molecule has 0 aromatic heterocycles. The molecule has 0 bridgehead atoms. The molecule has 0 atom stereocenters. The Bertz CT molecular complexity index is 199. The average Bonchev–Trinajstić information content (AvgIpc) is 2.13. The van der Waals surface area contributed by atoms with E-state index in [0.29, 0.717) is 0 Å². The fourth-order valence-corrected chi connectivity index (χ4v) is 4.63. The summed E-state index contributed by atoms with van der Waals surface area (Å²) in [6, 6.07) is 0. The quantitative estimate of drug-likeness (QED) is 0.131. The Morgan fingerprint density at radius 3 is 1.74 bits per heavy atom. The second kappa shape index (κ2) is 17.1. The molecule has 12 heteroatoms. The van der Waals surface area contributed by atoms with Crippen LogP contribution in [0, 0.1) is 0 Å². The Kier molecular flexibility index (Phi) is 26.7. The zero-order chi connectivity index (χ0) is 15.4. The van der Waals surface area contributed by atoms with Crippen LogP contribution in [-0.4, -0.2) is 44.6 Å². The van der Waals surface area contributed by atoms with Crippen molar-refractivity contribution in [3.05, 3.63) is 13.2 Å². The van der Waals surface area contributed by atoms with Crippen LogP contribution in [0.2, 0.25) is 13.1 Å². The van der Waals surface area contributed by atoms with E-state index in [1.807, 2.05) is 0 Å². The van der Waals surface area contributed by atoms with Gasteiger partial charge in [0.25, 0.3) is 0 Å². The summed E-state index contributed by atoms with van der Waals surface area (Å²) in [7, 11) is -6.60. The first-order valence-corrected chi connectivity index (χ1v) is 22.9. The van der Waals surface area contributed by atoms with E-state index in [9.17, 15) is 14.4 Å². The van der Waals surface area contributed by atoms with Crippen LogP contribution >= 0.6 is 59.9 Å². The van der Waals surface area contributed by atoms with Crippen molar-refractivity contribution >= 4 is 77.3 Å². The first-order chi connectivity index (χ1) is 8.00. The molecule has 0 fully saturated rings. The average molecular weight is 688 g/mol. The maximum atomic E-state index is 9.22. The molecule has 0 amide bonds. The van der Waals surface area contributed by atoms with Crippen molar-refractivity contribution in [2.45, 2.75) is 20.5 Å². The minimum atomic E-state index is -3.74. The normalized spacial score (nSPS) is 10.6. The van der Waals surface area contributed by atoms with Crippen LogP contribution in [0.4, 0.5) is 0 Å². The molecule has 0 spiro atoms. The molecule has 0 aliphatic carbocycles. The fraction of sp³-hybridized carbons (Fsp3) is 0.714. The van der Waals surface area contributed by atoms with Crippen LogP contribution < -0.4 is 11.1 Å². The topological polar surface area (TPSA) is 108 Å². The van der Waals surface area contributed by atoms with Crippen molar-refractivity contribution < 1.29 is 23.4 Å². The molecule has 0 radical (unpaired) electrons. The van der Waals surface area contributed by atoms with Crippen molar-refractivity contribution in [2.75, 3.05) is 12.8 Å². The van der Waals surface area contributed by atoms with Gasteiger partial charge in [0.2, 0.25) is 0 Å². The van der Waals surface area contributed by atoms with E-state index in [1.54, 1.807) is 0 Å². The van der Waals surface area contributed by atoms with Gasteiger partial charge in [-0.25, -0.2) is 0 Å². The maximum absolute atomic E-state index is 9.22. The number of halogens is 3. The van der Waals surface area contributed by atoms with E-state index >= 15 is 0 Å². The molecule has 0 aliphatic heterocycles. The summed E-state index contributed by atoms with van der Waals surface area (Å²) in [5.41, 5.74) is 5.08. The summed E-state index contributed by atoms with van der Waals surface area (Å²) >= 11 is 7.39. The SMILES string of the molecule is C.C=C.C[Si](C)(O)O[Si](O)(O)CNCN.[I][V]([I])[I]. The summed E-state index contributed by atoms with van der Waals surface area (Å²) in [6.07, 6.45) is -0.0967. The third-order valence-corrected chi connectivity index (χ3v) is 4.93. The summed E-state index contributed by atoms with van der Waals surface area (Å²) in [5, 5.41) is 2.54. The molecule has 0 unspecified atom stereocenters. The van der Waals surface area contributed by atoms with Crippen LogP contribution in [0.15, 0.2) is 13.2 Å². The van der Waals surface area contributed by atoms with Gasteiger partial charge in [0.1, 0.15) is 0 Å². The molecule has 6 N–H and O–H groups in total. The molecule has 0 saturated carbocycles. The van der Waals surface area contributed by atoms with Crippen molar-refractivity contribution in [1.29, 1.82) is 0 Å². The molecular weight excluding hydrogens is 664 g/mol. The summed E-state index contributed by atoms with van der Waals surface area (Å²) in [5.74, 6) is 0. The Hall–Kier alpha value is 2.71. The number of rotatable bonds is 5. The minimum absolute atomic E-state index is 0. The first kappa shape index (κ1) is 29.7. The van der Waals surface area contributed by atoms with Gasteiger partial charge in [0, 0.05) is 6.67 Å². The third-order valence-electron chi connectivity index (χ3n) is 0.913. The number of nitrogens with one attached hydrogen (secondary N) is 1. The molecule has 0 aromatic rings. The van der Waals surface area contributed by atoms with Gasteiger partial charge < -0.3 is 29.6 Å². The second-order valence-electron chi connectivity index (χ2n) is 3.11. The van der Waals surface area contributed by atoms with E-state index in [2.05, 4.69) is 78.4 Å². The van der Waals surface area contributed by atoms with Gasteiger partial charge in [-0.2, -0.15) is 0 Å². The molecule has 120 valence electrons. The second-order valence-corrected chi connectivity index (χ2v) is 44.0. The van der Waals surface area contributed by atoms with E-state index in [-0.39, 0.29) is 25.2 Å². The summed E-state index contributed by atoms with van der Waals surface area (Å²) in [4.78, 5) is 27.4. The van der Waals surface area contributed by atoms with Crippen molar-refractivity contribution in [3.63, 3.8) is 0 Å². The Morgan fingerprint density at radius 2 is 1.53 bits per heavy atom. The van der Waals surface area contributed by atoms with Crippen LogP contribution in [0.3, 0.4) is 0 Å². The summed E-state index contributed by atoms with van der Waals surface area (Å²) in [6.45, 7) is 9.07. The van der Waals surface area contributed by atoms with E-state index < -0.39 is 17.4 Å². The number of hydrogen-bond acceptors (Lipinski definition) is 6. The van der Waals surface area contributed by atoms with Crippen LogP contribution in [0.1, 0.15) is 7.43 Å². The fourth-order valence-electron chi connectivity index (χ4n) is 0.671. The summed E-state index contributed by atoms with van der Waals surface area (Å²) < 4.78 is 4.75.